The van der Waals surface area contributed by atoms with Crippen LogP contribution in [0.1, 0.15) is 15.9 Å². The van der Waals surface area contributed by atoms with Gasteiger partial charge in [0.2, 0.25) is 0 Å². The molecule has 0 aliphatic rings. The third-order valence-corrected chi connectivity index (χ3v) is 2.91. The minimum absolute atomic E-state index is 0.182. The minimum Gasteiger partial charge on any atom is -0.497 e. The van der Waals surface area contributed by atoms with Gasteiger partial charge >= 0.3 is 5.97 Å². The Morgan fingerprint density at radius 2 is 2.00 bits per heavy atom. The molecule has 0 unspecified atom stereocenters. The van der Waals surface area contributed by atoms with Gasteiger partial charge in [-0.05, 0) is 24.6 Å². The van der Waals surface area contributed by atoms with Crippen molar-refractivity contribution in [1.29, 1.82) is 0 Å². The van der Waals surface area contributed by atoms with E-state index in [1.54, 1.807) is 17.7 Å². The second-order valence-electron chi connectivity index (χ2n) is 4.13. The molecular formula is C13H13NO4. The standard InChI is InChI=1S/C13H13NO4/c1-7-4-8(18-3)5-9-10(12(15)13(16)17)6-14(2)11(7)9/h4-6H,1-3H3,(H,16,17). The number of carbonyl (C=O) groups is 2. The molecule has 0 aliphatic carbocycles. The molecule has 0 bridgehead atoms. The zero-order chi connectivity index (χ0) is 13.4. The largest absolute Gasteiger partial charge is 0.497 e. The van der Waals surface area contributed by atoms with Gasteiger partial charge in [-0.1, -0.05) is 0 Å². The van der Waals surface area contributed by atoms with E-state index in [-0.39, 0.29) is 5.56 Å². The van der Waals surface area contributed by atoms with Crippen LogP contribution in [0.4, 0.5) is 0 Å². The lowest BCUT2D eigenvalue weighted by Gasteiger charge is -2.05. The Kier molecular flexibility index (Phi) is 2.82. The first-order chi connectivity index (χ1) is 8.45. The highest BCUT2D eigenvalue weighted by atomic mass is 16.5. The number of ether oxygens (including phenoxy) is 1. The second kappa shape index (κ2) is 4.18. The highest BCUT2D eigenvalue weighted by Crippen LogP contribution is 2.29. The van der Waals surface area contributed by atoms with E-state index in [0.717, 1.165) is 11.1 Å². The van der Waals surface area contributed by atoms with Crippen LogP contribution >= 0.6 is 0 Å². The van der Waals surface area contributed by atoms with Crippen molar-refractivity contribution in [3.63, 3.8) is 0 Å². The summed E-state index contributed by atoms with van der Waals surface area (Å²) in [7, 11) is 3.31. The Morgan fingerprint density at radius 3 is 2.56 bits per heavy atom. The fourth-order valence-electron chi connectivity index (χ4n) is 2.16. The lowest BCUT2D eigenvalue weighted by molar-refractivity contribution is -0.131. The molecule has 94 valence electrons. The molecule has 18 heavy (non-hydrogen) atoms. The predicted molar refractivity (Wildman–Crippen MR) is 66.2 cm³/mol. The van der Waals surface area contributed by atoms with Gasteiger partial charge in [0.15, 0.2) is 0 Å². The van der Waals surface area contributed by atoms with E-state index >= 15 is 0 Å². The third kappa shape index (κ3) is 1.73. The van der Waals surface area contributed by atoms with Crippen molar-refractivity contribution < 1.29 is 19.4 Å². The summed E-state index contributed by atoms with van der Waals surface area (Å²) >= 11 is 0. The van der Waals surface area contributed by atoms with E-state index in [4.69, 9.17) is 9.84 Å². The zero-order valence-electron chi connectivity index (χ0n) is 10.4. The Labute approximate surface area is 104 Å². The van der Waals surface area contributed by atoms with Crippen molar-refractivity contribution in [2.75, 3.05) is 7.11 Å². The van der Waals surface area contributed by atoms with Crippen LogP contribution in [0.15, 0.2) is 18.3 Å². The third-order valence-electron chi connectivity index (χ3n) is 2.91. The Balaban J connectivity index is 2.80. The molecule has 0 radical (unpaired) electrons. The number of fused-ring (bicyclic) bond motifs is 1. The van der Waals surface area contributed by atoms with E-state index in [1.165, 1.54) is 13.3 Å². The number of aliphatic carboxylic acids is 1. The van der Waals surface area contributed by atoms with Crippen molar-refractivity contribution in [1.82, 2.24) is 4.57 Å². The Hall–Kier alpha value is -2.30. The fourth-order valence-corrected chi connectivity index (χ4v) is 2.16. The number of carboxylic acids is 1. The van der Waals surface area contributed by atoms with Gasteiger partial charge in [0.05, 0.1) is 18.2 Å². The fraction of sp³-hybridized carbons (Fsp3) is 0.231. The number of nitrogens with zero attached hydrogens (tertiary/aromatic N) is 1. The lowest BCUT2D eigenvalue weighted by atomic mass is 10.1. The quantitative estimate of drug-likeness (QED) is 0.663. The van der Waals surface area contributed by atoms with Gasteiger partial charge in [0, 0.05) is 18.6 Å². The molecule has 5 heteroatoms. The van der Waals surface area contributed by atoms with Gasteiger partial charge in [-0.25, -0.2) is 4.79 Å². The number of aryl methyl sites for hydroxylation is 2. The van der Waals surface area contributed by atoms with Crippen LogP contribution in [-0.2, 0) is 11.8 Å². The van der Waals surface area contributed by atoms with E-state index in [0.29, 0.717) is 11.1 Å². The van der Waals surface area contributed by atoms with Gasteiger partial charge < -0.3 is 14.4 Å². The number of rotatable bonds is 3. The lowest BCUT2D eigenvalue weighted by Crippen LogP contribution is -2.12. The molecule has 1 N–H and O–H groups in total. The smallest absolute Gasteiger partial charge is 0.377 e. The monoisotopic (exact) mass is 247 g/mol. The van der Waals surface area contributed by atoms with E-state index < -0.39 is 11.8 Å². The molecule has 1 aromatic carbocycles. The molecule has 1 heterocycles. The molecule has 0 saturated heterocycles. The van der Waals surface area contributed by atoms with Crippen LogP contribution in [0.2, 0.25) is 0 Å². The number of Topliss-reactive ketones (excluding diaryl/α,β-unsaturated/α-hetero) is 1. The highest BCUT2D eigenvalue weighted by molar-refractivity contribution is 6.42. The first-order valence-corrected chi connectivity index (χ1v) is 5.37. The van der Waals surface area contributed by atoms with E-state index in [1.807, 2.05) is 13.0 Å². The second-order valence-corrected chi connectivity index (χ2v) is 4.13. The maximum atomic E-state index is 11.6. The number of ketones is 1. The summed E-state index contributed by atoms with van der Waals surface area (Å²) in [5.74, 6) is -1.76. The number of hydrogen-bond donors (Lipinski definition) is 1. The summed E-state index contributed by atoms with van der Waals surface area (Å²) in [5.41, 5.74) is 1.94. The zero-order valence-corrected chi connectivity index (χ0v) is 10.4. The molecule has 0 aliphatic heterocycles. The van der Waals surface area contributed by atoms with Gasteiger partial charge in [-0.3, -0.25) is 4.79 Å². The molecule has 0 saturated carbocycles. The number of methoxy groups -OCH3 is 1. The number of carbonyl (C=O) groups excluding carboxylic acids is 1. The van der Waals surface area contributed by atoms with Crippen molar-refractivity contribution >= 4 is 22.7 Å². The summed E-state index contributed by atoms with van der Waals surface area (Å²) in [5, 5.41) is 9.41. The highest BCUT2D eigenvalue weighted by Gasteiger charge is 2.21. The average molecular weight is 247 g/mol. The normalized spacial score (nSPS) is 10.6. The van der Waals surface area contributed by atoms with Crippen LogP contribution in [-0.4, -0.2) is 28.5 Å². The van der Waals surface area contributed by atoms with Crippen molar-refractivity contribution in [2.45, 2.75) is 6.92 Å². The maximum absolute atomic E-state index is 11.6. The maximum Gasteiger partial charge on any atom is 0.377 e. The van der Waals surface area contributed by atoms with Crippen molar-refractivity contribution in [2.24, 2.45) is 7.05 Å². The van der Waals surface area contributed by atoms with Crippen LogP contribution in [0.25, 0.3) is 10.9 Å². The summed E-state index contributed by atoms with van der Waals surface area (Å²) in [6.45, 7) is 1.89. The Morgan fingerprint density at radius 1 is 1.33 bits per heavy atom. The average Bonchev–Trinajstić information content (AvgIpc) is 2.65. The van der Waals surface area contributed by atoms with Crippen molar-refractivity contribution in [3.8, 4) is 5.75 Å². The molecule has 2 rings (SSSR count). The molecule has 0 spiro atoms. The van der Waals surface area contributed by atoms with Gasteiger partial charge in [-0.15, -0.1) is 0 Å². The molecule has 0 atom stereocenters. The van der Waals surface area contributed by atoms with Crippen LogP contribution in [0.3, 0.4) is 0 Å². The molecule has 5 nitrogen and oxygen atoms in total. The molecular weight excluding hydrogens is 234 g/mol. The molecule has 0 amide bonds. The summed E-state index contributed by atoms with van der Waals surface area (Å²) in [6, 6.07) is 3.52. The topological polar surface area (TPSA) is 68.5 Å². The predicted octanol–water partition coefficient (Wildman–Crippen LogP) is 1.76. The number of hydrogen-bond acceptors (Lipinski definition) is 3. The van der Waals surface area contributed by atoms with Gasteiger partial charge in [0.25, 0.3) is 5.78 Å². The van der Waals surface area contributed by atoms with Crippen molar-refractivity contribution in [3.05, 3.63) is 29.5 Å². The van der Waals surface area contributed by atoms with Crippen LogP contribution < -0.4 is 4.74 Å². The van der Waals surface area contributed by atoms with E-state index in [2.05, 4.69) is 0 Å². The van der Waals surface area contributed by atoms with Gasteiger partial charge in [0.1, 0.15) is 5.75 Å². The minimum atomic E-state index is -1.46. The first-order valence-electron chi connectivity index (χ1n) is 5.37. The number of aromatic nitrogens is 1. The van der Waals surface area contributed by atoms with Crippen LogP contribution in [0, 0.1) is 6.92 Å². The SMILES string of the molecule is COc1cc(C)c2c(c1)c(C(=O)C(=O)O)cn2C. The summed E-state index contributed by atoms with van der Waals surface area (Å²) in [4.78, 5) is 22.4. The summed E-state index contributed by atoms with van der Waals surface area (Å²) < 4.78 is 6.89. The number of carboxylic acid groups (broad SMARTS) is 1. The number of benzene rings is 1. The van der Waals surface area contributed by atoms with Crippen LogP contribution in [0.5, 0.6) is 5.75 Å². The Bertz CT molecular complexity index is 655. The summed E-state index contributed by atoms with van der Waals surface area (Å²) in [6.07, 6.45) is 1.54. The molecule has 1 aromatic heterocycles. The first kappa shape index (κ1) is 12.2. The molecule has 0 fully saturated rings. The van der Waals surface area contributed by atoms with E-state index in [9.17, 15) is 9.59 Å². The molecule has 2 aromatic rings. The van der Waals surface area contributed by atoms with Gasteiger partial charge in [-0.2, -0.15) is 0 Å².